The predicted octanol–water partition coefficient (Wildman–Crippen LogP) is 3.37. The van der Waals surface area contributed by atoms with Crippen LogP contribution in [0.5, 0.6) is 5.75 Å². The topological polar surface area (TPSA) is 46.2 Å². The molecule has 2 rings (SSSR count). The van der Waals surface area contributed by atoms with Crippen molar-refractivity contribution < 1.29 is 9.50 Å². The van der Waals surface area contributed by atoms with Gasteiger partial charge >= 0.3 is 0 Å². The number of hydrogen-bond acceptors (Lipinski definition) is 3. The summed E-state index contributed by atoms with van der Waals surface area (Å²) >= 11 is 1.49. The Labute approximate surface area is 109 Å². The van der Waals surface area contributed by atoms with E-state index in [4.69, 9.17) is 5.73 Å². The Morgan fingerprint density at radius 1 is 1.41 bits per heavy atom. The minimum absolute atomic E-state index is 0. The summed E-state index contributed by atoms with van der Waals surface area (Å²) in [4.78, 5) is 0.903. The zero-order chi connectivity index (χ0) is 11.7. The van der Waals surface area contributed by atoms with Gasteiger partial charge in [0.2, 0.25) is 0 Å². The standard InChI is InChI=1S/C12H12FNOS.ClH/c1-7-5-8(12(15)9(13)6-7)11(14)10-3-2-4-16-10;/h2-6,11,15H,14H2,1H3;1H/t11-;/m1./s1. The van der Waals surface area contributed by atoms with Crippen molar-refractivity contribution in [2.24, 2.45) is 5.73 Å². The lowest BCUT2D eigenvalue weighted by Gasteiger charge is -2.13. The molecule has 0 aliphatic rings. The molecule has 3 N–H and O–H groups in total. The molecule has 0 bridgehead atoms. The molecule has 1 atom stereocenters. The zero-order valence-corrected chi connectivity index (χ0v) is 10.8. The molecule has 0 amide bonds. The van der Waals surface area contributed by atoms with Crippen LogP contribution in [-0.2, 0) is 0 Å². The van der Waals surface area contributed by atoms with Gasteiger partial charge in [-0.2, -0.15) is 0 Å². The second kappa shape index (κ2) is 5.49. The molecule has 0 spiro atoms. The van der Waals surface area contributed by atoms with E-state index in [2.05, 4.69) is 0 Å². The van der Waals surface area contributed by atoms with Crippen LogP contribution in [0.1, 0.15) is 22.0 Å². The number of phenols is 1. The van der Waals surface area contributed by atoms with Gasteiger partial charge in [0.15, 0.2) is 11.6 Å². The Hall–Kier alpha value is -1.10. The minimum Gasteiger partial charge on any atom is -0.505 e. The van der Waals surface area contributed by atoms with Crippen molar-refractivity contribution in [2.45, 2.75) is 13.0 Å². The van der Waals surface area contributed by atoms with Crippen LogP contribution in [0, 0.1) is 12.7 Å². The Morgan fingerprint density at radius 3 is 2.71 bits per heavy atom. The molecule has 0 unspecified atom stereocenters. The van der Waals surface area contributed by atoms with Gasteiger partial charge in [-0.15, -0.1) is 23.7 Å². The lowest BCUT2D eigenvalue weighted by molar-refractivity contribution is 0.423. The molecule has 1 aromatic heterocycles. The average Bonchev–Trinajstić information content (AvgIpc) is 2.75. The summed E-state index contributed by atoms with van der Waals surface area (Å²) < 4.78 is 13.3. The SMILES string of the molecule is Cc1cc(F)c(O)c([C@@H](N)c2cccs2)c1.Cl. The van der Waals surface area contributed by atoms with Crippen LogP contribution in [0.4, 0.5) is 4.39 Å². The van der Waals surface area contributed by atoms with Crippen molar-refractivity contribution in [3.8, 4) is 5.75 Å². The van der Waals surface area contributed by atoms with E-state index < -0.39 is 11.9 Å². The molecular weight excluding hydrogens is 261 g/mol. The van der Waals surface area contributed by atoms with Crippen molar-refractivity contribution >= 4 is 23.7 Å². The summed E-state index contributed by atoms with van der Waals surface area (Å²) in [5.74, 6) is -0.978. The number of aryl methyl sites for hydroxylation is 1. The van der Waals surface area contributed by atoms with Crippen LogP contribution in [0.3, 0.4) is 0 Å². The number of phenolic OH excluding ortho intramolecular Hbond substituents is 1. The molecule has 2 nitrogen and oxygen atoms in total. The van der Waals surface area contributed by atoms with Crippen LogP contribution in [0.15, 0.2) is 29.6 Å². The fraction of sp³-hybridized carbons (Fsp3) is 0.167. The minimum atomic E-state index is -0.623. The van der Waals surface area contributed by atoms with Gasteiger partial charge in [0.05, 0.1) is 6.04 Å². The first kappa shape index (κ1) is 14.0. The first-order chi connectivity index (χ1) is 7.59. The maximum absolute atomic E-state index is 13.3. The Bertz CT molecular complexity index is 501. The summed E-state index contributed by atoms with van der Waals surface area (Å²) in [5.41, 5.74) is 7.16. The van der Waals surface area contributed by atoms with Crippen molar-refractivity contribution in [1.29, 1.82) is 0 Å². The van der Waals surface area contributed by atoms with Gasteiger partial charge in [-0.25, -0.2) is 4.39 Å². The van der Waals surface area contributed by atoms with E-state index >= 15 is 0 Å². The number of benzene rings is 1. The van der Waals surface area contributed by atoms with E-state index in [0.29, 0.717) is 5.56 Å². The van der Waals surface area contributed by atoms with Gasteiger partial charge in [-0.05, 0) is 30.0 Å². The monoisotopic (exact) mass is 273 g/mol. The van der Waals surface area contributed by atoms with Crippen LogP contribution in [0.2, 0.25) is 0 Å². The van der Waals surface area contributed by atoms with Crippen LogP contribution >= 0.6 is 23.7 Å². The molecule has 0 aliphatic carbocycles. The number of aromatic hydroxyl groups is 1. The van der Waals surface area contributed by atoms with Crippen molar-refractivity contribution in [3.63, 3.8) is 0 Å². The summed E-state index contributed by atoms with van der Waals surface area (Å²) in [5, 5.41) is 11.5. The number of thiophene rings is 1. The third-order valence-corrected chi connectivity index (χ3v) is 3.38. The predicted molar refractivity (Wildman–Crippen MR) is 70.4 cm³/mol. The molecule has 0 saturated carbocycles. The third-order valence-electron chi connectivity index (χ3n) is 2.42. The zero-order valence-electron chi connectivity index (χ0n) is 9.18. The smallest absolute Gasteiger partial charge is 0.165 e. The van der Waals surface area contributed by atoms with Crippen LogP contribution in [0.25, 0.3) is 0 Å². The second-order valence-corrected chi connectivity index (χ2v) is 4.66. The van der Waals surface area contributed by atoms with Crippen molar-refractivity contribution in [1.82, 2.24) is 0 Å². The Morgan fingerprint density at radius 2 is 2.12 bits per heavy atom. The molecule has 1 heterocycles. The highest BCUT2D eigenvalue weighted by Crippen LogP contribution is 2.32. The first-order valence-electron chi connectivity index (χ1n) is 4.87. The summed E-state index contributed by atoms with van der Waals surface area (Å²) in [6.45, 7) is 1.77. The molecule has 0 aliphatic heterocycles. The van der Waals surface area contributed by atoms with E-state index in [9.17, 15) is 9.50 Å². The van der Waals surface area contributed by atoms with Gasteiger partial charge in [-0.3, -0.25) is 0 Å². The fourth-order valence-corrected chi connectivity index (χ4v) is 2.36. The highest BCUT2D eigenvalue weighted by molar-refractivity contribution is 7.10. The molecule has 0 radical (unpaired) electrons. The maximum Gasteiger partial charge on any atom is 0.165 e. The highest BCUT2D eigenvalue weighted by atomic mass is 35.5. The van der Waals surface area contributed by atoms with Gasteiger partial charge in [0.25, 0.3) is 0 Å². The Balaban J connectivity index is 0.00000144. The maximum atomic E-state index is 13.3. The Kier molecular flexibility index (Phi) is 4.51. The first-order valence-corrected chi connectivity index (χ1v) is 5.75. The van der Waals surface area contributed by atoms with E-state index in [1.165, 1.54) is 17.4 Å². The van der Waals surface area contributed by atoms with E-state index in [1.54, 1.807) is 13.0 Å². The fourth-order valence-electron chi connectivity index (χ4n) is 1.62. The molecule has 0 fully saturated rings. The number of nitrogens with two attached hydrogens (primary N) is 1. The lowest BCUT2D eigenvalue weighted by Crippen LogP contribution is -2.11. The van der Waals surface area contributed by atoms with Crippen molar-refractivity contribution in [2.75, 3.05) is 0 Å². The lowest BCUT2D eigenvalue weighted by atomic mass is 10.0. The summed E-state index contributed by atoms with van der Waals surface area (Å²) in [6.07, 6.45) is 0. The molecule has 2 aromatic rings. The normalized spacial score (nSPS) is 11.9. The number of rotatable bonds is 2. The largest absolute Gasteiger partial charge is 0.505 e. The van der Waals surface area contributed by atoms with Crippen molar-refractivity contribution in [3.05, 3.63) is 51.5 Å². The summed E-state index contributed by atoms with van der Waals surface area (Å²) in [7, 11) is 0. The number of halogens is 2. The van der Waals surface area contributed by atoms with Gasteiger partial charge in [0.1, 0.15) is 0 Å². The van der Waals surface area contributed by atoms with Crippen LogP contribution in [-0.4, -0.2) is 5.11 Å². The van der Waals surface area contributed by atoms with Crippen LogP contribution < -0.4 is 5.73 Å². The molecule has 92 valence electrons. The molecule has 0 saturated heterocycles. The van der Waals surface area contributed by atoms with Gasteiger partial charge < -0.3 is 10.8 Å². The van der Waals surface area contributed by atoms with E-state index in [-0.39, 0.29) is 18.2 Å². The number of hydrogen-bond donors (Lipinski definition) is 2. The quantitative estimate of drug-likeness (QED) is 0.881. The van der Waals surface area contributed by atoms with Gasteiger partial charge in [-0.1, -0.05) is 12.1 Å². The molecule has 17 heavy (non-hydrogen) atoms. The van der Waals surface area contributed by atoms with Gasteiger partial charge in [0, 0.05) is 10.4 Å². The van der Waals surface area contributed by atoms with E-state index in [0.717, 1.165) is 10.4 Å². The average molecular weight is 274 g/mol. The molecule has 5 heteroatoms. The third kappa shape index (κ3) is 2.77. The van der Waals surface area contributed by atoms with E-state index in [1.807, 2.05) is 17.5 Å². The molecular formula is C12H13ClFNOS. The molecule has 1 aromatic carbocycles. The summed E-state index contributed by atoms with van der Waals surface area (Å²) in [6, 6.07) is 6.27. The second-order valence-electron chi connectivity index (χ2n) is 3.68. The highest BCUT2D eigenvalue weighted by Gasteiger charge is 2.17.